The van der Waals surface area contributed by atoms with Gasteiger partial charge in [0.1, 0.15) is 5.82 Å². The number of hydrogen-bond donors (Lipinski definition) is 2. The highest BCUT2D eigenvalue weighted by molar-refractivity contribution is 14.0. The zero-order valence-electron chi connectivity index (χ0n) is 18.5. The van der Waals surface area contributed by atoms with Gasteiger partial charge in [0.25, 0.3) is 0 Å². The van der Waals surface area contributed by atoms with Crippen LogP contribution in [0.2, 0.25) is 5.02 Å². The number of nitrogens with zero attached hydrogens (tertiary/aromatic N) is 3. The molecule has 31 heavy (non-hydrogen) atoms. The molecule has 0 bridgehead atoms. The van der Waals surface area contributed by atoms with Crippen molar-refractivity contribution in [2.75, 3.05) is 24.5 Å². The van der Waals surface area contributed by atoms with Gasteiger partial charge < -0.3 is 20.3 Å². The number of hydrogen-bond acceptors (Lipinski definition) is 4. The van der Waals surface area contributed by atoms with E-state index in [4.69, 9.17) is 21.3 Å². The number of aliphatic imine (C=N–C) groups is 1. The second-order valence-electron chi connectivity index (χ2n) is 7.76. The summed E-state index contributed by atoms with van der Waals surface area (Å²) in [6.07, 6.45) is 3.04. The molecular formula is C23H33ClIN5O. The number of rotatable bonds is 8. The summed E-state index contributed by atoms with van der Waals surface area (Å²) in [5.41, 5.74) is 2.36. The maximum Gasteiger partial charge on any atom is 0.191 e. The number of nitrogens with one attached hydrogen (secondary N) is 2. The van der Waals surface area contributed by atoms with Crippen LogP contribution < -0.4 is 15.5 Å². The summed E-state index contributed by atoms with van der Waals surface area (Å²) in [7, 11) is 0. The van der Waals surface area contributed by atoms with E-state index in [0.29, 0.717) is 24.2 Å². The van der Waals surface area contributed by atoms with Crippen molar-refractivity contribution in [2.24, 2.45) is 4.99 Å². The van der Waals surface area contributed by atoms with E-state index in [-0.39, 0.29) is 30.1 Å². The first-order valence-electron chi connectivity index (χ1n) is 10.6. The Morgan fingerprint density at radius 2 is 2.00 bits per heavy atom. The van der Waals surface area contributed by atoms with E-state index in [0.717, 1.165) is 37.8 Å². The molecule has 1 atom stereocenters. The average Bonchev–Trinajstić information content (AvgIpc) is 3.20. The molecule has 170 valence electrons. The van der Waals surface area contributed by atoms with E-state index in [2.05, 4.69) is 51.7 Å². The van der Waals surface area contributed by atoms with E-state index in [1.54, 1.807) is 6.20 Å². The highest BCUT2D eigenvalue weighted by Gasteiger charge is 2.25. The Kier molecular flexibility index (Phi) is 10.8. The van der Waals surface area contributed by atoms with Crippen molar-refractivity contribution >= 4 is 47.4 Å². The summed E-state index contributed by atoms with van der Waals surface area (Å²) >= 11 is 6.30. The Morgan fingerprint density at radius 3 is 2.68 bits per heavy atom. The fourth-order valence-corrected chi connectivity index (χ4v) is 3.61. The molecule has 6 nitrogen and oxygen atoms in total. The van der Waals surface area contributed by atoms with Gasteiger partial charge >= 0.3 is 0 Å². The zero-order valence-corrected chi connectivity index (χ0v) is 21.6. The first-order chi connectivity index (χ1) is 14.5. The normalized spacial score (nSPS) is 16.4. The zero-order chi connectivity index (χ0) is 21.3. The first-order valence-corrected chi connectivity index (χ1v) is 11.0. The maximum absolute atomic E-state index is 6.30. The largest absolute Gasteiger partial charge is 0.374 e. The molecule has 1 aliphatic rings. The molecule has 1 aromatic carbocycles. The standard InChI is InChI=1S/C23H32ClN5O.HI/c1-4-25-23(27-14-18-7-9-19(10-8-18)16-30-17(2)3)28-20-11-13-29(15-20)22-21(24)6-5-12-26-22;/h5-10,12,17,20H,4,11,13-16H2,1-3H3,(H2,25,27,28);1H. The predicted molar refractivity (Wildman–Crippen MR) is 140 cm³/mol. The molecule has 0 aliphatic carbocycles. The van der Waals surface area contributed by atoms with Gasteiger partial charge in [0.05, 0.1) is 24.3 Å². The second-order valence-corrected chi connectivity index (χ2v) is 8.16. The molecule has 0 saturated carbocycles. The minimum absolute atomic E-state index is 0. The Bertz CT molecular complexity index is 831. The number of guanidine groups is 1. The van der Waals surface area contributed by atoms with Crippen molar-refractivity contribution in [3.8, 4) is 0 Å². The third-order valence-electron chi connectivity index (χ3n) is 4.94. The van der Waals surface area contributed by atoms with Gasteiger partial charge in [-0.3, -0.25) is 0 Å². The number of ether oxygens (including phenoxy) is 1. The third kappa shape index (κ3) is 8.12. The minimum atomic E-state index is 0. The van der Waals surface area contributed by atoms with Crippen LogP contribution >= 0.6 is 35.6 Å². The number of aromatic nitrogens is 1. The van der Waals surface area contributed by atoms with Crippen LogP contribution in [-0.2, 0) is 17.9 Å². The lowest BCUT2D eigenvalue weighted by atomic mass is 10.1. The summed E-state index contributed by atoms with van der Waals surface area (Å²) in [4.78, 5) is 11.4. The van der Waals surface area contributed by atoms with Crippen LogP contribution in [-0.4, -0.2) is 42.7 Å². The van der Waals surface area contributed by atoms with Crippen LogP contribution in [0, 0.1) is 0 Å². The average molecular weight is 558 g/mol. The van der Waals surface area contributed by atoms with E-state index in [1.165, 1.54) is 11.1 Å². The summed E-state index contributed by atoms with van der Waals surface area (Å²) in [5.74, 6) is 1.69. The summed E-state index contributed by atoms with van der Waals surface area (Å²) in [6, 6.07) is 12.5. The highest BCUT2D eigenvalue weighted by atomic mass is 127. The molecule has 1 aliphatic heterocycles. The van der Waals surface area contributed by atoms with Gasteiger partial charge in [-0.2, -0.15) is 0 Å². The first kappa shape index (κ1) is 25.7. The van der Waals surface area contributed by atoms with Gasteiger partial charge in [-0.15, -0.1) is 24.0 Å². The van der Waals surface area contributed by atoms with Crippen molar-refractivity contribution in [2.45, 2.75) is 52.5 Å². The quantitative estimate of drug-likeness (QED) is 0.282. The van der Waals surface area contributed by atoms with Crippen LogP contribution in [0.15, 0.2) is 47.6 Å². The fourth-order valence-electron chi connectivity index (χ4n) is 3.37. The molecular weight excluding hydrogens is 525 g/mol. The number of anilines is 1. The lowest BCUT2D eigenvalue weighted by molar-refractivity contribution is 0.0657. The maximum atomic E-state index is 6.30. The molecule has 3 rings (SSSR count). The van der Waals surface area contributed by atoms with Gasteiger partial charge in [-0.25, -0.2) is 9.98 Å². The number of pyridine rings is 1. The molecule has 0 radical (unpaired) electrons. The van der Waals surface area contributed by atoms with E-state index < -0.39 is 0 Å². The predicted octanol–water partition coefficient (Wildman–Crippen LogP) is 4.61. The van der Waals surface area contributed by atoms with Crippen LogP contribution in [0.5, 0.6) is 0 Å². The molecule has 0 amide bonds. The smallest absolute Gasteiger partial charge is 0.191 e. The van der Waals surface area contributed by atoms with Crippen LogP contribution in [0.3, 0.4) is 0 Å². The van der Waals surface area contributed by atoms with Gasteiger partial charge in [0.15, 0.2) is 5.96 Å². The van der Waals surface area contributed by atoms with Crippen molar-refractivity contribution in [3.63, 3.8) is 0 Å². The monoisotopic (exact) mass is 557 g/mol. The van der Waals surface area contributed by atoms with E-state index in [1.807, 2.05) is 26.0 Å². The molecule has 1 saturated heterocycles. The molecule has 1 unspecified atom stereocenters. The molecule has 8 heteroatoms. The Morgan fingerprint density at radius 1 is 1.26 bits per heavy atom. The van der Waals surface area contributed by atoms with Crippen molar-refractivity contribution < 1.29 is 4.74 Å². The van der Waals surface area contributed by atoms with Gasteiger partial charge in [-0.1, -0.05) is 35.9 Å². The van der Waals surface area contributed by atoms with E-state index >= 15 is 0 Å². The molecule has 1 fully saturated rings. The van der Waals surface area contributed by atoms with Crippen LogP contribution in [0.25, 0.3) is 0 Å². The lowest BCUT2D eigenvalue weighted by Gasteiger charge is -2.20. The number of halogens is 2. The van der Waals surface area contributed by atoms with Gasteiger partial charge in [0, 0.05) is 31.9 Å². The van der Waals surface area contributed by atoms with Crippen LogP contribution in [0.1, 0.15) is 38.3 Å². The third-order valence-corrected chi connectivity index (χ3v) is 5.23. The van der Waals surface area contributed by atoms with Crippen LogP contribution in [0.4, 0.5) is 5.82 Å². The number of benzene rings is 1. The van der Waals surface area contributed by atoms with Gasteiger partial charge in [0.2, 0.25) is 0 Å². The second kappa shape index (κ2) is 13.1. The fraction of sp³-hybridized carbons (Fsp3) is 0.478. The Balaban J connectivity index is 0.00000341. The summed E-state index contributed by atoms with van der Waals surface area (Å²) in [5, 5.41) is 7.60. The SMILES string of the molecule is CCNC(=NCc1ccc(COC(C)C)cc1)NC1CCN(c2ncccc2Cl)C1.I. The molecule has 2 heterocycles. The Labute approximate surface area is 207 Å². The molecule has 2 N–H and O–H groups in total. The summed E-state index contributed by atoms with van der Waals surface area (Å²) in [6.45, 7) is 10.0. The lowest BCUT2D eigenvalue weighted by Crippen LogP contribution is -2.44. The van der Waals surface area contributed by atoms with Gasteiger partial charge in [-0.05, 0) is 50.5 Å². The van der Waals surface area contributed by atoms with Crippen molar-refractivity contribution in [3.05, 3.63) is 58.7 Å². The minimum Gasteiger partial charge on any atom is -0.374 e. The Hall–Kier alpha value is -1.58. The topological polar surface area (TPSA) is 61.8 Å². The summed E-state index contributed by atoms with van der Waals surface area (Å²) < 4.78 is 5.66. The molecule has 1 aromatic heterocycles. The molecule has 0 spiro atoms. The molecule has 2 aromatic rings. The van der Waals surface area contributed by atoms with Crippen molar-refractivity contribution in [1.29, 1.82) is 0 Å². The highest BCUT2D eigenvalue weighted by Crippen LogP contribution is 2.25. The van der Waals surface area contributed by atoms with E-state index in [9.17, 15) is 0 Å². The van der Waals surface area contributed by atoms with Crippen molar-refractivity contribution in [1.82, 2.24) is 15.6 Å².